The zero-order valence-corrected chi connectivity index (χ0v) is 10.8. The Morgan fingerprint density at radius 1 is 1.50 bits per heavy atom. The van der Waals surface area contributed by atoms with Crippen LogP contribution in [-0.2, 0) is 17.8 Å². The summed E-state index contributed by atoms with van der Waals surface area (Å²) in [5.41, 5.74) is 1.11. The number of hydrogen-bond donors (Lipinski definition) is 1. The number of aromatic nitrogens is 2. The zero-order chi connectivity index (χ0) is 12.0. The molecule has 0 saturated carbocycles. The number of ether oxygens (including phenoxy) is 1. The standard InChI is InChI=1S/C12H23N3O/c1-5-8-15-11(6-7-14-15)9-13-10-12(2,3)16-4/h6-7,13H,5,8-10H2,1-4H3. The third-order valence-corrected chi connectivity index (χ3v) is 2.65. The van der Waals surface area contributed by atoms with Gasteiger partial charge in [0.25, 0.3) is 0 Å². The molecule has 1 aromatic rings. The summed E-state index contributed by atoms with van der Waals surface area (Å²) in [7, 11) is 1.74. The van der Waals surface area contributed by atoms with Gasteiger partial charge in [-0.15, -0.1) is 0 Å². The van der Waals surface area contributed by atoms with E-state index in [4.69, 9.17) is 4.74 Å². The molecule has 4 nitrogen and oxygen atoms in total. The van der Waals surface area contributed by atoms with Crippen molar-refractivity contribution in [2.75, 3.05) is 13.7 Å². The SMILES string of the molecule is CCCn1nccc1CNCC(C)(C)OC. The molecule has 0 aliphatic heterocycles. The molecule has 0 saturated heterocycles. The highest BCUT2D eigenvalue weighted by Gasteiger charge is 2.15. The van der Waals surface area contributed by atoms with Gasteiger partial charge < -0.3 is 10.1 Å². The van der Waals surface area contributed by atoms with Crippen LogP contribution in [0.15, 0.2) is 12.3 Å². The first-order valence-corrected chi connectivity index (χ1v) is 5.85. The summed E-state index contributed by atoms with van der Waals surface area (Å²) in [6, 6.07) is 2.06. The summed E-state index contributed by atoms with van der Waals surface area (Å²) in [5, 5.41) is 7.68. The molecule has 0 aliphatic rings. The predicted molar refractivity (Wildman–Crippen MR) is 65.3 cm³/mol. The van der Waals surface area contributed by atoms with Crippen molar-refractivity contribution in [3.05, 3.63) is 18.0 Å². The average Bonchev–Trinajstić information content (AvgIpc) is 2.66. The maximum absolute atomic E-state index is 5.35. The highest BCUT2D eigenvalue weighted by atomic mass is 16.5. The monoisotopic (exact) mass is 225 g/mol. The number of nitrogens with zero attached hydrogens (tertiary/aromatic N) is 2. The molecule has 92 valence electrons. The summed E-state index contributed by atoms with van der Waals surface area (Å²) in [4.78, 5) is 0. The zero-order valence-electron chi connectivity index (χ0n) is 10.8. The van der Waals surface area contributed by atoms with E-state index >= 15 is 0 Å². The van der Waals surface area contributed by atoms with Gasteiger partial charge in [-0.2, -0.15) is 5.10 Å². The number of aryl methyl sites for hydroxylation is 1. The lowest BCUT2D eigenvalue weighted by molar-refractivity contribution is 0.0229. The molecule has 1 rings (SSSR count). The third kappa shape index (κ3) is 3.94. The van der Waals surface area contributed by atoms with Crippen LogP contribution in [0.1, 0.15) is 32.9 Å². The van der Waals surface area contributed by atoms with Gasteiger partial charge in [0.2, 0.25) is 0 Å². The van der Waals surface area contributed by atoms with Crippen molar-refractivity contribution in [2.24, 2.45) is 0 Å². The Morgan fingerprint density at radius 3 is 2.88 bits per heavy atom. The van der Waals surface area contributed by atoms with Crippen molar-refractivity contribution in [3.63, 3.8) is 0 Å². The van der Waals surface area contributed by atoms with Crippen molar-refractivity contribution < 1.29 is 4.74 Å². The fourth-order valence-electron chi connectivity index (χ4n) is 1.49. The Labute approximate surface area is 98.0 Å². The van der Waals surface area contributed by atoms with Crippen LogP contribution < -0.4 is 5.32 Å². The maximum atomic E-state index is 5.35. The molecule has 0 aromatic carbocycles. The van der Waals surface area contributed by atoms with Crippen LogP contribution in [0.2, 0.25) is 0 Å². The molecule has 0 atom stereocenters. The van der Waals surface area contributed by atoms with Gasteiger partial charge in [0, 0.05) is 32.9 Å². The Morgan fingerprint density at radius 2 is 2.25 bits per heavy atom. The van der Waals surface area contributed by atoms with Crippen molar-refractivity contribution >= 4 is 0 Å². The second-order valence-electron chi connectivity index (χ2n) is 4.61. The van der Waals surface area contributed by atoms with E-state index in [9.17, 15) is 0 Å². The lowest BCUT2D eigenvalue weighted by Gasteiger charge is -2.23. The topological polar surface area (TPSA) is 39.1 Å². The smallest absolute Gasteiger partial charge is 0.0746 e. The van der Waals surface area contributed by atoms with Gasteiger partial charge in [-0.1, -0.05) is 6.92 Å². The van der Waals surface area contributed by atoms with Crippen LogP contribution >= 0.6 is 0 Å². The molecule has 0 amide bonds. The minimum Gasteiger partial charge on any atom is -0.377 e. The van der Waals surface area contributed by atoms with Gasteiger partial charge in [-0.25, -0.2) is 0 Å². The second kappa shape index (κ2) is 6.01. The molecular weight excluding hydrogens is 202 g/mol. The molecule has 1 heterocycles. The lowest BCUT2D eigenvalue weighted by atomic mass is 10.1. The molecule has 0 radical (unpaired) electrons. The molecule has 1 aromatic heterocycles. The van der Waals surface area contributed by atoms with Crippen LogP contribution in [0.4, 0.5) is 0 Å². The van der Waals surface area contributed by atoms with E-state index in [1.165, 1.54) is 5.69 Å². The molecule has 0 fully saturated rings. The van der Waals surface area contributed by atoms with Crippen LogP contribution in [0.25, 0.3) is 0 Å². The Hall–Kier alpha value is -0.870. The van der Waals surface area contributed by atoms with Crippen molar-refractivity contribution in [1.29, 1.82) is 0 Å². The van der Waals surface area contributed by atoms with E-state index in [2.05, 4.69) is 37.3 Å². The van der Waals surface area contributed by atoms with E-state index in [0.29, 0.717) is 0 Å². The molecular formula is C12H23N3O. The van der Waals surface area contributed by atoms with E-state index < -0.39 is 0 Å². The quantitative estimate of drug-likeness (QED) is 0.769. The summed E-state index contributed by atoms with van der Waals surface area (Å²) in [6.07, 6.45) is 2.96. The maximum Gasteiger partial charge on any atom is 0.0746 e. The third-order valence-electron chi connectivity index (χ3n) is 2.65. The minimum absolute atomic E-state index is 0.115. The van der Waals surface area contributed by atoms with Crippen molar-refractivity contribution in [2.45, 2.75) is 45.9 Å². The van der Waals surface area contributed by atoms with Gasteiger partial charge in [0.15, 0.2) is 0 Å². The van der Waals surface area contributed by atoms with Gasteiger partial charge in [0.1, 0.15) is 0 Å². The normalized spacial score (nSPS) is 12.0. The lowest BCUT2D eigenvalue weighted by Crippen LogP contribution is -2.36. The highest BCUT2D eigenvalue weighted by molar-refractivity contribution is 5.00. The first kappa shape index (κ1) is 13.2. The molecule has 1 N–H and O–H groups in total. The Kier molecular flexibility index (Phi) is 4.96. The van der Waals surface area contributed by atoms with Crippen LogP contribution in [0, 0.1) is 0 Å². The van der Waals surface area contributed by atoms with E-state index in [1.54, 1.807) is 7.11 Å². The Bertz CT molecular complexity index is 307. The molecule has 0 aliphatic carbocycles. The molecule has 4 heteroatoms. The number of hydrogen-bond acceptors (Lipinski definition) is 3. The fourth-order valence-corrected chi connectivity index (χ4v) is 1.49. The minimum atomic E-state index is -0.115. The second-order valence-corrected chi connectivity index (χ2v) is 4.61. The summed E-state index contributed by atoms with van der Waals surface area (Å²) in [5.74, 6) is 0. The predicted octanol–water partition coefficient (Wildman–Crippen LogP) is 1.81. The summed E-state index contributed by atoms with van der Waals surface area (Å²) < 4.78 is 7.40. The largest absolute Gasteiger partial charge is 0.377 e. The number of rotatable bonds is 7. The first-order chi connectivity index (χ1) is 7.59. The van der Waals surface area contributed by atoms with Crippen molar-refractivity contribution in [1.82, 2.24) is 15.1 Å². The van der Waals surface area contributed by atoms with E-state index in [1.807, 2.05) is 10.9 Å². The van der Waals surface area contributed by atoms with Gasteiger partial charge in [0.05, 0.1) is 11.3 Å². The van der Waals surface area contributed by atoms with Crippen LogP contribution in [0.3, 0.4) is 0 Å². The molecule has 0 spiro atoms. The van der Waals surface area contributed by atoms with Crippen molar-refractivity contribution in [3.8, 4) is 0 Å². The Balaban J connectivity index is 2.39. The number of nitrogens with one attached hydrogen (secondary N) is 1. The summed E-state index contributed by atoms with van der Waals surface area (Å²) >= 11 is 0. The van der Waals surface area contributed by atoms with E-state index in [0.717, 1.165) is 26.1 Å². The van der Waals surface area contributed by atoms with Gasteiger partial charge >= 0.3 is 0 Å². The van der Waals surface area contributed by atoms with E-state index in [-0.39, 0.29) is 5.60 Å². The van der Waals surface area contributed by atoms with Crippen LogP contribution in [0.5, 0.6) is 0 Å². The first-order valence-electron chi connectivity index (χ1n) is 5.85. The highest BCUT2D eigenvalue weighted by Crippen LogP contribution is 2.06. The van der Waals surface area contributed by atoms with Crippen LogP contribution in [-0.4, -0.2) is 29.0 Å². The fraction of sp³-hybridized carbons (Fsp3) is 0.750. The molecule has 16 heavy (non-hydrogen) atoms. The average molecular weight is 225 g/mol. The molecule has 0 unspecified atom stereocenters. The summed E-state index contributed by atoms with van der Waals surface area (Å²) in [6.45, 7) is 8.96. The molecule has 0 bridgehead atoms. The van der Waals surface area contributed by atoms with Gasteiger partial charge in [-0.3, -0.25) is 4.68 Å². The number of methoxy groups -OCH3 is 1. The van der Waals surface area contributed by atoms with Gasteiger partial charge in [-0.05, 0) is 26.3 Å².